The highest BCUT2D eigenvalue weighted by atomic mass is 32.1. The van der Waals surface area contributed by atoms with E-state index in [0.29, 0.717) is 25.1 Å². The van der Waals surface area contributed by atoms with E-state index in [9.17, 15) is 4.79 Å². The third-order valence-electron chi connectivity index (χ3n) is 8.60. The molecule has 0 atom stereocenters. The molecule has 2 aromatic heterocycles. The largest absolute Gasteiger partial charge is 0.474 e. The molecule has 42 heavy (non-hydrogen) atoms. The molecule has 1 amide bonds. The number of nitrogens with zero attached hydrogens (tertiary/aromatic N) is 5. The van der Waals surface area contributed by atoms with Gasteiger partial charge in [-0.05, 0) is 110 Å². The van der Waals surface area contributed by atoms with E-state index in [0.717, 1.165) is 79.1 Å². The minimum atomic E-state index is -0.479. The Morgan fingerprint density at radius 2 is 1.71 bits per heavy atom. The fraction of sp³-hybridized carbons (Fsp3) is 0.594. The van der Waals surface area contributed by atoms with Crippen LogP contribution < -0.4 is 15.0 Å². The highest BCUT2D eigenvalue weighted by Crippen LogP contribution is 2.42. The highest BCUT2D eigenvalue weighted by molar-refractivity contribution is 7.19. The number of ether oxygens (including phenoxy) is 2. The number of thiophene rings is 1. The Morgan fingerprint density at radius 3 is 2.38 bits per heavy atom. The average molecular weight is 593 g/mol. The predicted octanol–water partition coefficient (Wildman–Crippen LogP) is 6.23. The minimum absolute atomic E-state index is 0.194. The van der Waals surface area contributed by atoms with Crippen molar-refractivity contribution in [2.75, 3.05) is 50.5 Å². The second-order valence-electron chi connectivity index (χ2n) is 13.0. The zero-order valence-electron chi connectivity index (χ0n) is 25.6. The number of aryl methyl sites for hydroxylation is 2. The normalized spacial score (nSPS) is 21.1. The van der Waals surface area contributed by atoms with Gasteiger partial charge in [0, 0.05) is 48.5 Å². The van der Waals surface area contributed by atoms with Gasteiger partial charge in [0.2, 0.25) is 11.8 Å². The number of nitrogens with one attached hydrogen (secondary N) is 1. The number of hydrogen-bond donors (Lipinski definition) is 1. The van der Waals surface area contributed by atoms with Crippen LogP contribution in [0.5, 0.6) is 5.88 Å². The van der Waals surface area contributed by atoms with Gasteiger partial charge in [0.05, 0.1) is 5.39 Å². The van der Waals surface area contributed by atoms with Gasteiger partial charge in [-0.1, -0.05) is 0 Å². The molecule has 1 saturated heterocycles. The van der Waals surface area contributed by atoms with Crippen LogP contribution in [0.1, 0.15) is 63.3 Å². The smallest absolute Gasteiger partial charge is 0.410 e. The maximum atomic E-state index is 12.4. The molecular weight excluding hydrogens is 548 g/mol. The van der Waals surface area contributed by atoms with Gasteiger partial charge in [0.25, 0.3) is 0 Å². The Hall–Kier alpha value is -3.11. The van der Waals surface area contributed by atoms with E-state index >= 15 is 0 Å². The van der Waals surface area contributed by atoms with Gasteiger partial charge in [-0.2, -0.15) is 4.98 Å². The Balaban J connectivity index is 1.13. The molecule has 1 aliphatic heterocycles. The third-order valence-corrected chi connectivity index (χ3v) is 9.79. The standard InChI is InChI=1S/C32H44N6O3S/c1-32(2,3)41-31(39)38-19-17-37(18-20-38)23-11-9-21(10-12-23)33-30-34-28(40-24-15-13-22(14-16-24)36(4)5)27-25-7-6-8-26(25)42-29(27)35-30/h9-12,22,24H,6-8,13-20H2,1-5H3,(H,33,34,35). The fourth-order valence-electron chi connectivity index (χ4n) is 6.30. The molecule has 2 fully saturated rings. The quantitative estimate of drug-likeness (QED) is 0.361. The van der Waals surface area contributed by atoms with Crippen molar-refractivity contribution in [1.82, 2.24) is 19.8 Å². The lowest BCUT2D eigenvalue weighted by atomic mass is 9.92. The topological polar surface area (TPSA) is 83.1 Å². The van der Waals surface area contributed by atoms with Crippen molar-refractivity contribution in [2.45, 2.75) is 83.5 Å². The van der Waals surface area contributed by atoms with Crippen LogP contribution in [0.25, 0.3) is 10.2 Å². The molecule has 1 aromatic carbocycles. The molecule has 3 heterocycles. The number of anilines is 3. The third kappa shape index (κ3) is 6.44. The summed E-state index contributed by atoms with van der Waals surface area (Å²) in [6.45, 7) is 8.53. The number of fused-ring (bicyclic) bond motifs is 3. The van der Waals surface area contributed by atoms with Crippen LogP contribution in [0.3, 0.4) is 0 Å². The molecule has 0 unspecified atom stereocenters. The molecule has 9 nitrogen and oxygen atoms in total. The first kappa shape index (κ1) is 29.0. The molecule has 0 spiro atoms. The van der Waals surface area contributed by atoms with E-state index < -0.39 is 5.60 Å². The summed E-state index contributed by atoms with van der Waals surface area (Å²) in [5.41, 5.74) is 2.99. The summed E-state index contributed by atoms with van der Waals surface area (Å²) >= 11 is 1.80. The van der Waals surface area contributed by atoms with Crippen molar-refractivity contribution in [1.29, 1.82) is 0 Å². The average Bonchev–Trinajstić information content (AvgIpc) is 3.54. The van der Waals surface area contributed by atoms with E-state index in [4.69, 9.17) is 19.4 Å². The van der Waals surface area contributed by atoms with E-state index in [1.54, 1.807) is 16.2 Å². The Labute approximate surface area is 253 Å². The molecule has 2 aliphatic carbocycles. The van der Waals surface area contributed by atoms with Crippen molar-refractivity contribution in [3.8, 4) is 5.88 Å². The molecule has 0 bridgehead atoms. The number of amides is 1. The monoisotopic (exact) mass is 592 g/mol. The van der Waals surface area contributed by atoms with Gasteiger partial charge in [0.15, 0.2) is 0 Å². The van der Waals surface area contributed by atoms with Crippen LogP contribution in [-0.4, -0.2) is 83.9 Å². The fourth-order valence-corrected chi connectivity index (χ4v) is 7.55. The zero-order valence-corrected chi connectivity index (χ0v) is 26.4. The van der Waals surface area contributed by atoms with Gasteiger partial charge < -0.3 is 29.5 Å². The van der Waals surface area contributed by atoms with Crippen LogP contribution in [0, 0.1) is 0 Å². The summed E-state index contributed by atoms with van der Waals surface area (Å²) in [6, 6.07) is 9.00. The van der Waals surface area contributed by atoms with E-state index in [1.807, 2.05) is 20.8 Å². The first-order valence-corrected chi connectivity index (χ1v) is 16.2. The summed E-state index contributed by atoms with van der Waals surface area (Å²) in [6.07, 6.45) is 7.78. The first-order chi connectivity index (χ1) is 20.1. The van der Waals surface area contributed by atoms with Crippen LogP contribution >= 0.6 is 11.3 Å². The molecular formula is C32H44N6O3S. The molecule has 6 rings (SSSR count). The van der Waals surface area contributed by atoms with E-state index in [1.165, 1.54) is 16.9 Å². The number of benzene rings is 1. The summed E-state index contributed by atoms with van der Waals surface area (Å²) in [4.78, 5) is 31.2. The lowest BCUT2D eigenvalue weighted by Crippen LogP contribution is -2.50. The zero-order chi connectivity index (χ0) is 29.4. The van der Waals surface area contributed by atoms with Crippen molar-refractivity contribution in [3.63, 3.8) is 0 Å². The SMILES string of the molecule is CN(C)C1CCC(Oc2nc(Nc3ccc(N4CCN(C(=O)OC(C)(C)C)CC4)cc3)nc3sc4c(c23)CCC4)CC1. The molecule has 1 saturated carbocycles. The lowest BCUT2D eigenvalue weighted by molar-refractivity contribution is 0.0240. The molecule has 10 heteroatoms. The molecule has 0 radical (unpaired) electrons. The van der Waals surface area contributed by atoms with Crippen molar-refractivity contribution >= 4 is 45.0 Å². The number of rotatable bonds is 6. The second-order valence-corrected chi connectivity index (χ2v) is 14.1. The minimum Gasteiger partial charge on any atom is -0.474 e. The van der Waals surface area contributed by atoms with Gasteiger partial charge in [-0.25, -0.2) is 9.78 Å². The van der Waals surface area contributed by atoms with Crippen LogP contribution in [-0.2, 0) is 17.6 Å². The summed E-state index contributed by atoms with van der Waals surface area (Å²) < 4.78 is 12.2. The maximum absolute atomic E-state index is 12.4. The summed E-state index contributed by atoms with van der Waals surface area (Å²) in [7, 11) is 4.34. The number of carbonyl (C=O) groups excluding carboxylic acids is 1. The summed E-state index contributed by atoms with van der Waals surface area (Å²) in [5, 5.41) is 4.58. The Morgan fingerprint density at radius 1 is 1.00 bits per heavy atom. The second kappa shape index (κ2) is 11.9. The maximum Gasteiger partial charge on any atom is 0.410 e. The molecule has 1 N–H and O–H groups in total. The summed E-state index contributed by atoms with van der Waals surface area (Å²) in [5.74, 6) is 1.33. The lowest BCUT2D eigenvalue weighted by Gasteiger charge is -2.36. The van der Waals surface area contributed by atoms with E-state index in [-0.39, 0.29) is 12.2 Å². The molecule has 3 aromatic rings. The molecule has 3 aliphatic rings. The Bertz CT molecular complexity index is 1400. The first-order valence-electron chi connectivity index (χ1n) is 15.4. The number of aromatic nitrogens is 2. The van der Waals surface area contributed by atoms with Gasteiger partial charge in [-0.3, -0.25) is 0 Å². The van der Waals surface area contributed by atoms with Gasteiger partial charge >= 0.3 is 6.09 Å². The number of hydrogen-bond acceptors (Lipinski definition) is 9. The van der Waals surface area contributed by atoms with Gasteiger partial charge in [-0.15, -0.1) is 11.3 Å². The van der Waals surface area contributed by atoms with Crippen LogP contribution in [0.15, 0.2) is 24.3 Å². The van der Waals surface area contributed by atoms with Crippen LogP contribution in [0.2, 0.25) is 0 Å². The van der Waals surface area contributed by atoms with Crippen LogP contribution in [0.4, 0.5) is 22.1 Å². The highest BCUT2D eigenvalue weighted by Gasteiger charge is 2.29. The van der Waals surface area contributed by atoms with Crippen molar-refractivity contribution in [2.24, 2.45) is 0 Å². The van der Waals surface area contributed by atoms with Gasteiger partial charge in [0.1, 0.15) is 16.5 Å². The van der Waals surface area contributed by atoms with Crippen molar-refractivity contribution < 1.29 is 14.3 Å². The molecule has 226 valence electrons. The number of carbonyl (C=O) groups is 1. The Kier molecular flexibility index (Phi) is 8.20. The predicted molar refractivity (Wildman–Crippen MR) is 170 cm³/mol. The van der Waals surface area contributed by atoms with Crippen molar-refractivity contribution in [3.05, 3.63) is 34.7 Å². The number of piperazine rings is 1. The van der Waals surface area contributed by atoms with E-state index in [2.05, 4.69) is 53.5 Å².